The molecular formula is C25H22N2O4. The van der Waals surface area contributed by atoms with E-state index >= 15 is 0 Å². The molecular weight excluding hydrogens is 392 g/mol. The predicted octanol–water partition coefficient (Wildman–Crippen LogP) is 4.10. The molecule has 0 aliphatic carbocycles. The first-order chi connectivity index (χ1) is 15.1. The van der Waals surface area contributed by atoms with Crippen molar-refractivity contribution in [2.24, 2.45) is 0 Å². The van der Waals surface area contributed by atoms with Crippen molar-refractivity contribution in [3.8, 4) is 5.75 Å². The molecule has 0 radical (unpaired) electrons. The number of rotatable bonds is 6. The maximum absolute atomic E-state index is 13.0. The summed E-state index contributed by atoms with van der Waals surface area (Å²) in [6, 6.07) is 19.0. The first kappa shape index (κ1) is 20.3. The molecule has 31 heavy (non-hydrogen) atoms. The van der Waals surface area contributed by atoms with Crippen LogP contribution >= 0.6 is 0 Å². The highest BCUT2D eigenvalue weighted by Crippen LogP contribution is 2.40. The number of aliphatic hydroxyl groups is 1. The minimum Gasteiger partial charge on any atom is -0.507 e. The number of aliphatic hydroxyl groups excluding tert-OH is 1. The molecule has 3 aromatic rings. The highest BCUT2D eigenvalue weighted by Gasteiger charge is 2.46. The number of aromatic nitrogens is 1. The van der Waals surface area contributed by atoms with Crippen molar-refractivity contribution in [1.29, 1.82) is 0 Å². The van der Waals surface area contributed by atoms with Crippen LogP contribution in [-0.2, 0) is 16.1 Å². The normalized spacial score (nSPS) is 17.7. The highest BCUT2D eigenvalue weighted by molar-refractivity contribution is 6.46. The lowest BCUT2D eigenvalue weighted by Gasteiger charge is -2.25. The third-order valence-corrected chi connectivity index (χ3v) is 5.17. The first-order valence-corrected chi connectivity index (χ1v) is 10.1. The Kier molecular flexibility index (Phi) is 5.80. The summed E-state index contributed by atoms with van der Waals surface area (Å²) in [6.07, 6.45) is 3.31. The van der Waals surface area contributed by atoms with Crippen LogP contribution in [0.3, 0.4) is 0 Å². The highest BCUT2D eigenvalue weighted by atomic mass is 16.5. The van der Waals surface area contributed by atoms with Crippen molar-refractivity contribution in [1.82, 2.24) is 9.88 Å². The molecule has 0 spiro atoms. The Bertz CT molecular complexity index is 1110. The van der Waals surface area contributed by atoms with Gasteiger partial charge in [0.1, 0.15) is 11.5 Å². The SMILES string of the molecule is CCOc1ccc(/C(O)=C2\C(=O)C(=O)N(Cc3cccnc3)[C@H]2c2ccccc2)cc1. The zero-order valence-electron chi connectivity index (χ0n) is 17.1. The molecule has 4 rings (SSSR count). The molecule has 1 N–H and O–H groups in total. The third kappa shape index (κ3) is 4.05. The number of amides is 1. The van der Waals surface area contributed by atoms with Gasteiger partial charge in [-0.25, -0.2) is 0 Å². The molecule has 1 atom stereocenters. The van der Waals surface area contributed by atoms with Crippen LogP contribution in [0.25, 0.3) is 5.76 Å². The summed E-state index contributed by atoms with van der Waals surface area (Å²) in [5, 5.41) is 11.1. The minimum absolute atomic E-state index is 0.0734. The van der Waals surface area contributed by atoms with Crippen LogP contribution in [0.1, 0.15) is 29.7 Å². The second-order valence-corrected chi connectivity index (χ2v) is 7.16. The molecule has 1 aromatic heterocycles. The number of Topliss-reactive ketones (excluding diaryl/α,β-unsaturated/α-hetero) is 1. The van der Waals surface area contributed by atoms with Crippen LogP contribution in [0, 0.1) is 0 Å². The number of hydrogen-bond donors (Lipinski definition) is 1. The topological polar surface area (TPSA) is 79.7 Å². The van der Waals surface area contributed by atoms with Gasteiger partial charge in [-0.05, 0) is 48.4 Å². The largest absolute Gasteiger partial charge is 0.507 e. The second kappa shape index (κ2) is 8.83. The molecule has 6 nitrogen and oxygen atoms in total. The summed E-state index contributed by atoms with van der Waals surface area (Å²) in [7, 11) is 0. The van der Waals surface area contributed by atoms with Gasteiger partial charge < -0.3 is 14.7 Å². The predicted molar refractivity (Wildman–Crippen MR) is 116 cm³/mol. The van der Waals surface area contributed by atoms with Gasteiger partial charge in [-0.1, -0.05) is 36.4 Å². The van der Waals surface area contributed by atoms with Crippen LogP contribution in [-0.4, -0.2) is 33.3 Å². The van der Waals surface area contributed by atoms with E-state index in [0.717, 1.165) is 11.1 Å². The number of ether oxygens (including phenoxy) is 1. The number of likely N-dealkylation sites (tertiary alicyclic amines) is 1. The summed E-state index contributed by atoms with van der Waals surface area (Å²) in [5.74, 6) is -0.894. The molecule has 2 heterocycles. The number of hydrogen-bond acceptors (Lipinski definition) is 5. The zero-order valence-corrected chi connectivity index (χ0v) is 17.1. The van der Waals surface area contributed by atoms with Crippen LogP contribution in [0.5, 0.6) is 5.75 Å². The summed E-state index contributed by atoms with van der Waals surface area (Å²) in [4.78, 5) is 31.6. The van der Waals surface area contributed by atoms with Crippen molar-refractivity contribution in [3.05, 3.63) is 101 Å². The van der Waals surface area contributed by atoms with Gasteiger partial charge in [-0.2, -0.15) is 0 Å². The summed E-state index contributed by atoms with van der Waals surface area (Å²) in [6.45, 7) is 2.62. The number of benzene rings is 2. The van der Waals surface area contributed by atoms with Crippen molar-refractivity contribution >= 4 is 17.4 Å². The standard InChI is InChI=1S/C25H22N2O4/c1-2-31-20-12-10-19(11-13-20)23(28)21-22(18-8-4-3-5-9-18)27(25(30)24(21)29)16-17-7-6-14-26-15-17/h3-15,22,28H,2,16H2,1H3/b23-21+/t22-/m0/s1. The maximum Gasteiger partial charge on any atom is 0.295 e. The Labute approximate surface area is 180 Å². The van der Waals surface area contributed by atoms with Crippen molar-refractivity contribution < 1.29 is 19.4 Å². The summed E-state index contributed by atoms with van der Waals surface area (Å²) < 4.78 is 5.45. The van der Waals surface area contributed by atoms with Gasteiger partial charge in [0.15, 0.2) is 0 Å². The van der Waals surface area contributed by atoms with Crippen molar-refractivity contribution in [3.63, 3.8) is 0 Å². The van der Waals surface area contributed by atoms with E-state index in [4.69, 9.17) is 4.74 Å². The quantitative estimate of drug-likeness (QED) is 0.373. The number of ketones is 1. The molecule has 1 saturated heterocycles. The molecule has 0 bridgehead atoms. The van der Waals surface area contributed by atoms with E-state index in [2.05, 4.69) is 4.98 Å². The van der Waals surface area contributed by atoms with E-state index in [-0.39, 0.29) is 17.9 Å². The number of carbonyl (C=O) groups is 2. The van der Waals surface area contributed by atoms with Crippen LogP contribution in [0.15, 0.2) is 84.7 Å². The van der Waals surface area contributed by atoms with E-state index < -0.39 is 17.7 Å². The van der Waals surface area contributed by atoms with Gasteiger partial charge in [0, 0.05) is 24.5 Å². The van der Waals surface area contributed by atoms with Crippen LogP contribution in [0.4, 0.5) is 0 Å². The smallest absolute Gasteiger partial charge is 0.295 e. The van der Waals surface area contributed by atoms with Gasteiger partial charge in [0.05, 0.1) is 18.2 Å². The van der Waals surface area contributed by atoms with E-state index in [1.165, 1.54) is 4.90 Å². The molecule has 156 valence electrons. The average Bonchev–Trinajstić information content (AvgIpc) is 3.05. The Hall–Kier alpha value is -3.93. The van der Waals surface area contributed by atoms with Crippen LogP contribution < -0.4 is 4.74 Å². The van der Waals surface area contributed by atoms with Gasteiger partial charge in [0.25, 0.3) is 11.7 Å². The molecule has 6 heteroatoms. The van der Waals surface area contributed by atoms with E-state index in [1.54, 1.807) is 42.7 Å². The van der Waals surface area contributed by atoms with E-state index in [1.807, 2.05) is 43.3 Å². The fraction of sp³-hybridized carbons (Fsp3) is 0.160. The Balaban J connectivity index is 1.80. The van der Waals surface area contributed by atoms with E-state index in [9.17, 15) is 14.7 Å². The number of nitrogens with zero attached hydrogens (tertiary/aromatic N) is 2. The zero-order chi connectivity index (χ0) is 21.8. The monoisotopic (exact) mass is 414 g/mol. The van der Waals surface area contributed by atoms with Gasteiger partial charge in [-0.15, -0.1) is 0 Å². The van der Waals surface area contributed by atoms with Crippen molar-refractivity contribution in [2.75, 3.05) is 6.61 Å². The van der Waals surface area contributed by atoms with E-state index in [0.29, 0.717) is 17.9 Å². The molecule has 1 amide bonds. The number of pyridine rings is 1. The van der Waals surface area contributed by atoms with Gasteiger partial charge >= 0.3 is 0 Å². The van der Waals surface area contributed by atoms with Crippen molar-refractivity contribution in [2.45, 2.75) is 19.5 Å². The fourth-order valence-corrected chi connectivity index (χ4v) is 3.74. The molecule has 1 aliphatic heterocycles. The number of carbonyl (C=O) groups excluding carboxylic acids is 2. The van der Waals surface area contributed by atoms with Crippen LogP contribution in [0.2, 0.25) is 0 Å². The molecule has 1 fully saturated rings. The lowest BCUT2D eigenvalue weighted by molar-refractivity contribution is -0.140. The fourth-order valence-electron chi connectivity index (χ4n) is 3.74. The summed E-state index contributed by atoms with van der Waals surface area (Å²) >= 11 is 0. The Morgan fingerprint density at radius 1 is 1.03 bits per heavy atom. The Morgan fingerprint density at radius 3 is 2.42 bits per heavy atom. The average molecular weight is 414 g/mol. The Morgan fingerprint density at radius 2 is 1.77 bits per heavy atom. The minimum atomic E-state index is -0.705. The third-order valence-electron chi connectivity index (χ3n) is 5.17. The maximum atomic E-state index is 13.0. The first-order valence-electron chi connectivity index (χ1n) is 10.1. The molecule has 0 saturated carbocycles. The summed E-state index contributed by atoms with van der Waals surface area (Å²) in [5.41, 5.74) is 2.07. The lowest BCUT2D eigenvalue weighted by atomic mass is 9.95. The van der Waals surface area contributed by atoms with Gasteiger partial charge in [-0.3, -0.25) is 14.6 Å². The van der Waals surface area contributed by atoms with Gasteiger partial charge in [0.2, 0.25) is 0 Å². The second-order valence-electron chi connectivity index (χ2n) is 7.16. The molecule has 2 aromatic carbocycles. The molecule has 0 unspecified atom stereocenters. The lowest BCUT2D eigenvalue weighted by Crippen LogP contribution is -2.29. The molecule has 1 aliphatic rings.